The second kappa shape index (κ2) is 12.5. The number of likely N-dealkylation sites (tertiary alicyclic amines) is 1. The number of aliphatic carboxylic acids is 2. The van der Waals surface area contributed by atoms with Crippen LogP contribution in [0, 0.1) is 5.92 Å². The van der Waals surface area contributed by atoms with E-state index >= 15 is 0 Å². The Morgan fingerprint density at radius 3 is 2.48 bits per heavy atom. The van der Waals surface area contributed by atoms with Gasteiger partial charge in [0.2, 0.25) is 5.91 Å². The van der Waals surface area contributed by atoms with Crippen molar-refractivity contribution < 1.29 is 34.5 Å². The molecule has 2 fully saturated rings. The minimum Gasteiger partial charge on any atom is -0.507 e. The molecule has 4 rings (SSSR count). The number of likely N-dealkylation sites (N-methyl/N-ethyl adjacent to an activating group) is 1. The van der Waals surface area contributed by atoms with Gasteiger partial charge in [0.1, 0.15) is 17.8 Å². The molecule has 14 nitrogen and oxygen atoms in total. The lowest BCUT2D eigenvalue weighted by Gasteiger charge is -2.60. The van der Waals surface area contributed by atoms with Crippen LogP contribution in [0.2, 0.25) is 0 Å². The zero-order valence-electron chi connectivity index (χ0n) is 23.7. The lowest BCUT2D eigenvalue weighted by atomic mass is 9.51. The number of benzene rings is 1. The highest BCUT2D eigenvalue weighted by Gasteiger charge is 2.56. The molecule has 1 aromatic carbocycles. The maximum Gasteiger partial charge on any atom is 0.326 e. The third kappa shape index (κ3) is 6.28. The van der Waals surface area contributed by atoms with Gasteiger partial charge in [-0.25, -0.2) is 4.79 Å². The number of nitrogens with two attached hydrogens (primary N) is 3. The second-order valence-corrected chi connectivity index (χ2v) is 11.8. The number of aromatic hydroxyl groups is 1. The van der Waals surface area contributed by atoms with Crippen LogP contribution in [-0.2, 0) is 26.2 Å². The number of rotatable bonds is 12. The molecule has 6 atom stereocenters. The number of nitrogens with one attached hydrogen (secondary N) is 2. The first-order valence-electron chi connectivity index (χ1n) is 14.3. The van der Waals surface area contributed by atoms with E-state index in [0.29, 0.717) is 25.7 Å². The van der Waals surface area contributed by atoms with Crippen LogP contribution in [0.4, 0.5) is 0 Å². The van der Waals surface area contributed by atoms with Crippen LogP contribution in [0.25, 0.3) is 0 Å². The molecule has 11 N–H and O–H groups in total. The molecule has 1 aromatic rings. The summed E-state index contributed by atoms with van der Waals surface area (Å²) in [7, 11) is 2.09. The Morgan fingerprint density at radius 2 is 1.83 bits per heavy atom. The Labute approximate surface area is 243 Å². The van der Waals surface area contributed by atoms with E-state index < -0.39 is 47.7 Å². The standard InChI is InChI=1S/C28H41N7O7/c1-35-10-8-28-13-15(5-7-17(28)20(35)11-14-4-6-16(24(29)38)23(37)22(14)28)33-19(26(41)42)12-21(36)34-18(25(39)40)3-2-9-32-27(30)31/h4,6,15,17-20,33,37H,2-3,5,7-13H2,1H3,(H2,29,38)(H,34,36)(H,39,40)(H,41,42)(H4,30,31,32)/t15-,17?,18+,19?,20-,28+/m1/s1. The van der Waals surface area contributed by atoms with Crippen molar-refractivity contribution >= 4 is 29.7 Å². The van der Waals surface area contributed by atoms with Crippen molar-refractivity contribution in [3.05, 3.63) is 28.8 Å². The molecule has 1 aliphatic heterocycles. The zero-order chi connectivity index (χ0) is 30.8. The quantitative estimate of drug-likeness (QED) is 0.0855. The molecule has 1 saturated carbocycles. The van der Waals surface area contributed by atoms with Gasteiger partial charge in [-0.1, -0.05) is 6.07 Å². The number of amides is 2. The number of carbonyl (C=O) groups is 4. The van der Waals surface area contributed by atoms with Crippen LogP contribution in [0.3, 0.4) is 0 Å². The lowest BCUT2D eigenvalue weighted by molar-refractivity contribution is -0.143. The molecular formula is C28H41N7O7. The topological polar surface area (TPSA) is 247 Å². The first-order valence-corrected chi connectivity index (χ1v) is 14.3. The molecule has 1 heterocycles. The van der Waals surface area contributed by atoms with E-state index in [4.69, 9.17) is 17.2 Å². The molecule has 3 aliphatic rings. The van der Waals surface area contributed by atoms with Crippen LogP contribution in [0.1, 0.15) is 66.4 Å². The van der Waals surface area contributed by atoms with Gasteiger partial charge in [-0.2, -0.15) is 0 Å². The number of hydrogen-bond donors (Lipinski definition) is 8. The monoisotopic (exact) mass is 587 g/mol. The minimum atomic E-state index is -1.25. The summed E-state index contributed by atoms with van der Waals surface area (Å²) in [5.41, 5.74) is 17.4. The van der Waals surface area contributed by atoms with E-state index in [1.54, 1.807) is 6.07 Å². The fourth-order valence-corrected chi connectivity index (χ4v) is 7.38. The molecule has 14 heteroatoms. The highest BCUT2D eigenvalue weighted by molar-refractivity contribution is 5.96. The second-order valence-electron chi connectivity index (χ2n) is 11.8. The maximum absolute atomic E-state index is 12.8. The molecule has 2 unspecified atom stereocenters. The summed E-state index contributed by atoms with van der Waals surface area (Å²) in [6.07, 6.45) is 3.31. The summed E-state index contributed by atoms with van der Waals surface area (Å²) in [6.45, 7) is 0.972. The third-order valence-electron chi connectivity index (χ3n) is 9.25. The molecule has 230 valence electrons. The van der Waals surface area contributed by atoms with Crippen LogP contribution in [-0.4, -0.2) is 94.2 Å². The average molecular weight is 588 g/mol. The zero-order valence-corrected chi connectivity index (χ0v) is 23.7. The number of aliphatic imine (C=N–C) groups is 1. The number of nitrogens with zero attached hydrogens (tertiary/aromatic N) is 2. The van der Waals surface area contributed by atoms with Crippen LogP contribution in [0.5, 0.6) is 5.75 Å². The molecule has 0 spiro atoms. The average Bonchev–Trinajstić information content (AvgIpc) is 2.91. The molecule has 42 heavy (non-hydrogen) atoms. The molecule has 0 aromatic heterocycles. The minimum absolute atomic E-state index is 0.0701. The predicted molar refractivity (Wildman–Crippen MR) is 153 cm³/mol. The van der Waals surface area contributed by atoms with E-state index in [-0.39, 0.29) is 48.2 Å². The van der Waals surface area contributed by atoms with Gasteiger partial charge >= 0.3 is 11.9 Å². The number of guanidine groups is 1. The van der Waals surface area contributed by atoms with Gasteiger partial charge in [0.25, 0.3) is 5.91 Å². The van der Waals surface area contributed by atoms with Gasteiger partial charge in [0.15, 0.2) is 5.96 Å². The fraction of sp³-hybridized carbons (Fsp3) is 0.607. The number of piperidine rings is 1. The number of phenols is 1. The normalized spacial score (nSPS) is 26.2. The Morgan fingerprint density at radius 1 is 1.12 bits per heavy atom. The number of carbonyl (C=O) groups excluding carboxylic acids is 2. The summed E-state index contributed by atoms with van der Waals surface area (Å²) < 4.78 is 0. The van der Waals surface area contributed by atoms with Crippen molar-refractivity contribution in [1.82, 2.24) is 15.5 Å². The summed E-state index contributed by atoms with van der Waals surface area (Å²) in [6, 6.07) is 0.898. The maximum atomic E-state index is 12.8. The van der Waals surface area contributed by atoms with Crippen LogP contribution >= 0.6 is 0 Å². The van der Waals surface area contributed by atoms with E-state index in [2.05, 4.69) is 27.6 Å². The largest absolute Gasteiger partial charge is 0.507 e. The lowest BCUT2D eigenvalue weighted by Crippen LogP contribution is -2.63. The molecule has 1 saturated heterocycles. The molecule has 2 aliphatic carbocycles. The van der Waals surface area contributed by atoms with Crippen molar-refractivity contribution in [2.75, 3.05) is 20.1 Å². The van der Waals surface area contributed by atoms with Crippen molar-refractivity contribution in [2.45, 2.75) is 80.9 Å². The number of carboxylic acids is 2. The molecule has 2 bridgehead atoms. The van der Waals surface area contributed by atoms with Gasteiger partial charge in [-0.15, -0.1) is 0 Å². The summed E-state index contributed by atoms with van der Waals surface area (Å²) in [4.78, 5) is 54.9. The third-order valence-corrected chi connectivity index (χ3v) is 9.25. The smallest absolute Gasteiger partial charge is 0.326 e. The van der Waals surface area contributed by atoms with E-state index in [1.807, 2.05) is 6.07 Å². The summed E-state index contributed by atoms with van der Waals surface area (Å²) in [5.74, 6) is -3.91. The Balaban J connectivity index is 1.50. The number of fused-ring (bicyclic) bond motifs is 1. The van der Waals surface area contributed by atoms with E-state index in [9.17, 15) is 34.5 Å². The number of primary amides is 1. The Bertz CT molecular complexity index is 1270. The van der Waals surface area contributed by atoms with Gasteiger partial charge in [-0.3, -0.25) is 19.4 Å². The van der Waals surface area contributed by atoms with Crippen molar-refractivity contribution in [3.63, 3.8) is 0 Å². The number of carboxylic acid groups (broad SMARTS) is 2. The predicted octanol–water partition coefficient (Wildman–Crippen LogP) is -0.786. The number of hydrogen-bond acceptors (Lipinski definition) is 8. The fourth-order valence-electron chi connectivity index (χ4n) is 7.38. The highest BCUT2D eigenvalue weighted by Crippen LogP contribution is 2.58. The van der Waals surface area contributed by atoms with Crippen molar-refractivity contribution in [2.24, 2.45) is 28.1 Å². The first-order chi connectivity index (χ1) is 19.8. The summed E-state index contributed by atoms with van der Waals surface area (Å²) >= 11 is 0. The van der Waals surface area contributed by atoms with Gasteiger partial charge in [-0.05, 0) is 76.1 Å². The molecular weight excluding hydrogens is 546 g/mol. The van der Waals surface area contributed by atoms with Crippen molar-refractivity contribution in [3.8, 4) is 5.75 Å². The Hall–Kier alpha value is -3.91. The van der Waals surface area contributed by atoms with Gasteiger partial charge in [0, 0.05) is 29.6 Å². The van der Waals surface area contributed by atoms with Gasteiger partial charge < -0.3 is 48.1 Å². The van der Waals surface area contributed by atoms with Crippen molar-refractivity contribution in [1.29, 1.82) is 0 Å². The summed E-state index contributed by atoms with van der Waals surface area (Å²) in [5, 5.41) is 36.3. The molecule has 2 amide bonds. The molecule has 0 radical (unpaired) electrons. The van der Waals surface area contributed by atoms with E-state index in [0.717, 1.165) is 30.5 Å². The van der Waals surface area contributed by atoms with Crippen LogP contribution in [0.15, 0.2) is 17.1 Å². The Kier molecular flexibility index (Phi) is 9.26. The van der Waals surface area contributed by atoms with Crippen LogP contribution < -0.4 is 27.8 Å². The van der Waals surface area contributed by atoms with E-state index in [1.165, 1.54) is 0 Å². The first kappa shape index (κ1) is 31.0. The SMILES string of the molecule is CN1CC[C@]23C[C@H](NC(CC(=O)N[C@@H](CCCN=C(N)N)C(=O)O)C(=O)O)CCC2[C@H]1Cc1ccc(C(N)=O)c(O)c13. The highest BCUT2D eigenvalue weighted by atomic mass is 16.4. The van der Waals surface area contributed by atoms with Gasteiger partial charge in [0.05, 0.1) is 12.0 Å².